The Morgan fingerprint density at radius 1 is 1.53 bits per heavy atom. The van der Waals surface area contributed by atoms with Crippen molar-refractivity contribution in [2.45, 2.75) is 32.2 Å². The number of hydrogen-bond acceptors (Lipinski definition) is 2. The third-order valence-corrected chi connectivity index (χ3v) is 3.28. The van der Waals surface area contributed by atoms with Gasteiger partial charge in [-0.3, -0.25) is 0 Å². The maximum Gasteiger partial charge on any atom is 0.0379 e. The summed E-state index contributed by atoms with van der Waals surface area (Å²) in [5.74, 6) is 0.663. The Balaban J connectivity index is 2.16. The van der Waals surface area contributed by atoms with Crippen LogP contribution in [-0.4, -0.2) is 19.6 Å². The predicted molar refractivity (Wildman–Crippen MR) is 65.6 cm³/mol. The van der Waals surface area contributed by atoms with E-state index in [9.17, 15) is 0 Å². The SMILES string of the molecule is CNC(C)Cc1ccc2c(c1)NCC2C. The van der Waals surface area contributed by atoms with Crippen molar-refractivity contribution >= 4 is 5.69 Å². The molecular formula is C13H20N2. The maximum atomic E-state index is 3.46. The first-order valence-corrected chi connectivity index (χ1v) is 5.74. The van der Waals surface area contributed by atoms with Crippen LogP contribution in [0, 0.1) is 0 Å². The van der Waals surface area contributed by atoms with Crippen LogP contribution in [-0.2, 0) is 6.42 Å². The second kappa shape index (κ2) is 4.23. The molecule has 0 bridgehead atoms. The number of rotatable bonds is 3. The second-order valence-corrected chi connectivity index (χ2v) is 4.60. The summed E-state index contributed by atoms with van der Waals surface area (Å²) in [5.41, 5.74) is 4.22. The van der Waals surface area contributed by atoms with Gasteiger partial charge in [0.05, 0.1) is 0 Å². The van der Waals surface area contributed by atoms with E-state index in [1.54, 1.807) is 0 Å². The van der Waals surface area contributed by atoms with Gasteiger partial charge in [0.2, 0.25) is 0 Å². The third-order valence-electron chi connectivity index (χ3n) is 3.28. The molecule has 0 saturated carbocycles. The first-order chi connectivity index (χ1) is 7.20. The molecule has 1 aliphatic heterocycles. The summed E-state index contributed by atoms with van der Waals surface area (Å²) in [6, 6.07) is 7.38. The number of fused-ring (bicyclic) bond motifs is 1. The molecule has 2 unspecified atom stereocenters. The van der Waals surface area contributed by atoms with E-state index in [-0.39, 0.29) is 0 Å². The second-order valence-electron chi connectivity index (χ2n) is 4.60. The average Bonchev–Trinajstić information content (AvgIpc) is 2.60. The van der Waals surface area contributed by atoms with Crippen LogP contribution in [0.25, 0.3) is 0 Å². The van der Waals surface area contributed by atoms with Gasteiger partial charge in [0.15, 0.2) is 0 Å². The summed E-state index contributed by atoms with van der Waals surface area (Å²) in [4.78, 5) is 0. The summed E-state index contributed by atoms with van der Waals surface area (Å²) >= 11 is 0. The summed E-state index contributed by atoms with van der Waals surface area (Å²) in [6.07, 6.45) is 1.10. The van der Waals surface area contributed by atoms with Crippen LogP contribution in [0.2, 0.25) is 0 Å². The smallest absolute Gasteiger partial charge is 0.0379 e. The van der Waals surface area contributed by atoms with Crippen molar-refractivity contribution in [2.75, 3.05) is 18.9 Å². The molecule has 0 aliphatic carbocycles. The zero-order chi connectivity index (χ0) is 10.8. The van der Waals surface area contributed by atoms with Gasteiger partial charge in [-0.25, -0.2) is 0 Å². The molecule has 82 valence electrons. The topological polar surface area (TPSA) is 24.1 Å². The maximum absolute atomic E-state index is 3.46. The molecule has 0 fully saturated rings. The number of likely N-dealkylation sites (N-methyl/N-ethyl adjacent to an activating group) is 1. The minimum Gasteiger partial charge on any atom is -0.384 e. The van der Waals surface area contributed by atoms with E-state index in [0.29, 0.717) is 12.0 Å². The summed E-state index contributed by atoms with van der Waals surface area (Å²) < 4.78 is 0. The summed E-state index contributed by atoms with van der Waals surface area (Å²) in [5, 5.41) is 6.73. The van der Waals surface area contributed by atoms with Gasteiger partial charge in [0.1, 0.15) is 0 Å². The van der Waals surface area contributed by atoms with Crippen molar-refractivity contribution < 1.29 is 0 Å². The highest BCUT2D eigenvalue weighted by atomic mass is 14.9. The highest BCUT2D eigenvalue weighted by Gasteiger charge is 2.17. The largest absolute Gasteiger partial charge is 0.384 e. The molecule has 0 spiro atoms. The molecule has 0 radical (unpaired) electrons. The molecular weight excluding hydrogens is 184 g/mol. The molecule has 0 amide bonds. The van der Waals surface area contributed by atoms with E-state index in [1.807, 2.05) is 7.05 Å². The Morgan fingerprint density at radius 3 is 3.07 bits per heavy atom. The molecule has 2 heteroatoms. The normalized spacial score (nSPS) is 20.9. The highest BCUT2D eigenvalue weighted by molar-refractivity contribution is 5.59. The molecule has 2 N–H and O–H groups in total. The standard InChI is InChI=1S/C13H20N2/c1-9-8-15-13-7-11(4-5-12(9)13)6-10(2)14-3/h4-5,7,9-10,14-15H,6,8H2,1-3H3. The van der Waals surface area contributed by atoms with E-state index in [4.69, 9.17) is 0 Å². The molecule has 1 aromatic carbocycles. The summed E-state index contributed by atoms with van der Waals surface area (Å²) in [7, 11) is 2.01. The molecule has 1 aliphatic rings. The van der Waals surface area contributed by atoms with Gasteiger partial charge >= 0.3 is 0 Å². The fourth-order valence-corrected chi connectivity index (χ4v) is 2.14. The lowest BCUT2D eigenvalue weighted by atomic mass is 9.99. The highest BCUT2D eigenvalue weighted by Crippen LogP contribution is 2.31. The van der Waals surface area contributed by atoms with Gasteiger partial charge in [-0.05, 0) is 37.6 Å². The minimum atomic E-state index is 0.543. The first-order valence-electron chi connectivity index (χ1n) is 5.74. The fourth-order valence-electron chi connectivity index (χ4n) is 2.14. The lowest BCUT2D eigenvalue weighted by Crippen LogP contribution is -2.23. The third kappa shape index (κ3) is 2.15. The predicted octanol–water partition coefficient (Wildman–Crippen LogP) is 2.37. The van der Waals surface area contributed by atoms with Gasteiger partial charge in [0.25, 0.3) is 0 Å². The van der Waals surface area contributed by atoms with E-state index < -0.39 is 0 Å². The zero-order valence-corrected chi connectivity index (χ0v) is 9.80. The van der Waals surface area contributed by atoms with Crippen LogP contribution >= 0.6 is 0 Å². The zero-order valence-electron chi connectivity index (χ0n) is 9.80. The van der Waals surface area contributed by atoms with Crippen molar-refractivity contribution in [1.29, 1.82) is 0 Å². The van der Waals surface area contributed by atoms with Gasteiger partial charge in [-0.2, -0.15) is 0 Å². The molecule has 0 saturated heterocycles. The Morgan fingerprint density at radius 2 is 2.33 bits per heavy atom. The van der Waals surface area contributed by atoms with Gasteiger partial charge in [-0.15, -0.1) is 0 Å². The van der Waals surface area contributed by atoms with E-state index in [1.165, 1.54) is 16.8 Å². The molecule has 1 heterocycles. The fraction of sp³-hybridized carbons (Fsp3) is 0.538. The van der Waals surface area contributed by atoms with Crippen LogP contribution < -0.4 is 10.6 Å². The molecule has 2 nitrogen and oxygen atoms in total. The molecule has 0 aromatic heterocycles. The van der Waals surface area contributed by atoms with Crippen LogP contribution in [0.5, 0.6) is 0 Å². The lowest BCUT2D eigenvalue weighted by Gasteiger charge is -2.11. The minimum absolute atomic E-state index is 0.543. The Labute approximate surface area is 92.1 Å². The lowest BCUT2D eigenvalue weighted by molar-refractivity contribution is 0.608. The van der Waals surface area contributed by atoms with Gasteiger partial charge in [-0.1, -0.05) is 19.1 Å². The number of anilines is 1. The van der Waals surface area contributed by atoms with Crippen molar-refractivity contribution in [3.05, 3.63) is 29.3 Å². The monoisotopic (exact) mass is 204 g/mol. The Hall–Kier alpha value is -1.02. The molecule has 2 atom stereocenters. The van der Waals surface area contributed by atoms with Crippen LogP contribution in [0.3, 0.4) is 0 Å². The average molecular weight is 204 g/mol. The van der Waals surface area contributed by atoms with Crippen molar-refractivity contribution in [2.24, 2.45) is 0 Å². The Kier molecular flexibility index (Phi) is 2.96. The molecule has 15 heavy (non-hydrogen) atoms. The first kappa shape index (κ1) is 10.5. The van der Waals surface area contributed by atoms with E-state index >= 15 is 0 Å². The molecule has 1 aromatic rings. The van der Waals surface area contributed by atoms with Crippen molar-refractivity contribution in [1.82, 2.24) is 5.32 Å². The number of benzene rings is 1. The number of hydrogen-bond donors (Lipinski definition) is 2. The van der Waals surface area contributed by atoms with E-state index in [0.717, 1.165) is 13.0 Å². The van der Waals surface area contributed by atoms with E-state index in [2.05, 4.69) is 42.7 Å². The summed E-state index contributed by atoms with van der Waals surface area (Å²) in [6.45, 7) is 5.57. The van der Waals surface area contributed by atoms with Crippen LogP contribution in [0.1, 0.15) is 30.9 Å². The van der Waals surface area contributed by atoms with Crippen LogP contribution in [0.4, 0.5) is 5.69 Å². The molecule has 2 rings (SSSR count). The van der Waals surface area contributed by atoms with Crippen molar-refractivity contribution in [3.8, 4) is 0 Å². The Bertz CT molecular complexity index is 346. The quantitative estimate of drug-likeness (QED) is 0.790. The van der Waals surface area contributed by atoms with Crippen LogP contribution in [0.15, 0.2) is 18.2 Å². The van der Waals surface area contributed by atoms with Gasteiger partial charge < -0.3 is 10.6 Å². The van der Waals surface area contributed by atoms with Gasteiger partial charge in [0, 0.05) is 24.2 Å². The number of nitrogens with one attached hydrogen (secondary N) is 2. The van der Waals surface area contributed by atoms with Crippen molar-refractivity contribution in [3.63, 3.8) is 0 Å².